The lowest BCUT2D eigenvalue weighted by atomic mass is 9.90. The van der Waals surface area contributed by atoms with E-state index in [-0.39, 0.29) is 5.75 Å². The van der Waals surface area contributed by atoms with Gasteiger partial charge in [0.1, 0.15) is 0 Å². The van der Waals surface area contributed by atoms with Gasteiger partial charge in [-0.25, -0.2) is 4.39 Å². The number of methoxy groups -OCH3 is 1. The van der Waals surface area contributed by atoms with E-state index >= 15 is 0 Å². The lowest BCUT2D eigenvalue weighted by molar-refractivity contribution is 0.387. The molecule has 0 amide bonds. The van der Waals surface area contributed by atoms with Gasteiger partial charge in [-0.3, -0.25) is 0 Å². The normalized spacial score (nSPS) is 13.1. The van der Waals surface area contributed by atoms with E-state index in [1.54, 1.807) is 12.1 Å². The first kappa shape index (κ1) is 15.7. The summed E-state index contributed by atoms with van der Waals surface area (Å²) in [5, 5.41) is 6.70. The Morgan fingerprint density at radius 3 is 2.74 bits per heavy atom. The van der Waals surface area contributed by atoms with Crippen LogP contribution in [0.3, 0.4) is 0 Å². The van der Waals surface area contributed by atoms with E-state index in [2.05, 4.69) is 16.7 Å². The van der Waals surface area contributed by atoms with E-state index < -0.39 is 5.82 Å². The quantitative estimate of drug-likeness (QED) is 0.811. The number of rotatable bonds is 3. The lowest BCUT2D eigenvalue weighted by Crippen LogP contribution is -2.21. The molecular formula is C18H19FN2OS. The van der Waals surface area contributed by atoms with Crippen LogP contribution in [0.2, 0.25) is 0 Å². The Balaban J connectivity index is 1.71. The molecule has 0 radical (unpaired) electrons. The van der Waals surface area contributed by atoms with Crippen LogP contribution in [-0.2, 0) is 12.8 Å². The van der Waals surface area contributed by atoms with Gasteiger partial charge in [0.05, 0.1) is 7.11 Å². The summed E-state index contributed by atoms with van der Waals surface area (Å²) < 4.78 is 18.6. The van der Waals surface area contributed by atoms with Crippen molar-refractivity contribution in [1.82, 2.24) is 0 Å². The smallest absolute Gasteiger partial charge is 0.175 e. The summed E-state index contributed by atoms with van der Waals surface area (Å²) in [6.07, 6.45) is 4.63. The molecule has 0 atom stereocenters. The Morgan fingerprint density at radius 1 is 1.13 bits per heavy atom. The number of aryl methyl sites for hydroxylation is 1. The number of hydrogen-bond acceptors (Lipinski definition) is 2. The molecule has 0 bridgehead atoms. The maximum Gasteiger partial charge on any atom is 0.175 e. The SMILES string of the molecule is COc1ccc(NC(=S)Nc2cccc3c2CCCC3)cc1F. The molecule has 5 heteroatoms. The van der Waals surface area contributed by atoms with E-state index in [1.807, 2.05) is 12.1 Å². The van der Waals surface area contributed by atoms with Crippen LogP contribution in [0.5, 0.6) is 5.75 Å². The van der Waals surface area contributed by atoms with Crippen LogP contribution in [-0.4, -0.2) is 12.2 Å². The first-order valence-electron chi connectivity index (χ1n) is 7.69. The molecule has 3 rings (SSSR count). The number of fused-ring (bicyclic) bond motifs is 1. The largest absolute Gasteiger partial charge is 0.494 e. The van der Waals surface area contributed by atoms with Crippen molar-refractivity contribution in [3.05, 3.63) is 53.3 Å². The minimum Gasteiger partial charge on any atom is -0.494 e. The third-order valence-electron chi connectivity index (χ3n) is 4.05. The summed E-state index contributed by atoms with van der Waals surface area (Å²) in [5.41, 5.74) is 4.35. The predicted octanol–water partition coefficient (Wildman–Crippen LogP) is 4.52. The monoisotopic (exact) mass is 330 g/mol. The van der Waals surface area contributed by atoms with Gasteiger partial charge in [0.15, 0.2) is 16.7 Å². The van der Waals surface area contributed by atoms with Gasteiger partial charge >= 0.3 is 0 Å². The molecular weight excluding hydrogens is 311 g/mol. The second-order valence-electron chi connectivity index (χ2n) is 5.58. The summed E-state index contributed by atoms with van der Waals surface area (Å²) in [4.78, 5) is 0. The highest BCUT2D eigenvalue weighted by molar-refractivity contribution is 7.80. The molecule has 0 saturated carbocycles. The highest BCUT2D eigenvalue weighted by Gasteiger charge is 2.13. The second kappa shape index (κ2) is 6.96. The van der Waals surface area contributed by atoms with E-state index in [9.17, 15) is 4.39 Å². The van der Waals surface area contributed by atoms with Crippen LogP contribution in [0, 0.1) is 5.82 Å². The Labute approximate surface area is 140 Å². The van der Waals surface area contributed by atoms with Crippen LogP contribution >= 0.6 is 12.2 Å². The molecule has 0 aliphatic heterocycles. The van der Waals surface area contributed by atoms with E-state index in [0.29, 0.717) is 10.8 Å². The zero-order valence-electron chi connectivity index (χ0n) is 13.0. The Bertz CT molecular complexity index is 733. The van der Waals surface area contributed by atoms with Gasteiger partial charge in [-0.1, -0.05) is 12.1 Å². The molecule has 23 heavy (non-hydrogen) atoms. The average molecular weight is 330 g/mol. The Hall–Kier alpha value is -2.14. The van der Waals surface area contributed by atoms with Crippen LogP contribution in [0.25, 0.3) is 0 Å². The second-order valence-corrected chi connectivity index (χ2v) is 5.99. The zero-order chi connectivity index (χ0) is 16.2. The molecule has 2 aromatic rings. The molecule has 0 saturated heterocycles. The average Bonchev–Trinajstić information content (AvgIpc) is 2.55. The molecule has 0 heterocycles. The van der Waals surface area contributed by atoms with Gasteiger partial charge in [-0.05, 0) is 67.2 Å². The molecule has 120 valence electrons. The number of hydrogen-bond donors (Lipinski definition) is 2. The van der Waals surface area contributed by atoms with Crippen molar-refractivity contribution in [1.29, 1.82) is 0 Å². The molecule has 0 fully saturated rings. The first-order valence-corrected chi connectivity index (χ1v) is 8.10. The fourth-order valence-electron chi connectivity index (χ4n) is 2.93. The van der Waals surface area contributed by atoms with Gasteiger partial charge in [-0.15, -0.1) is 0 Å². The molecule has 2 N–H and O–H groups in total. The summed E-state index contributed by atoms with van der Waals surface area (Å²) in [6.45, 7) is 0. The van der Waals surface area contributed by atoms with Gasteiger partial charge < -0.3 is 15.4 Å². The van der Waals surface area contributed by atoms with Gasteiger partial charge in [-0.2, -0.15) is 0 Å². The number of ether oxygens (including phenoxy) is 1. The molecule has 0 aromatic heterocycles. The molecule has 1 aliphatic carbocycles. The van der Waals surface area contributed by atoms with Crippen LogP contribution in [0.15, 0.2) is 36.4 Å². The fourth-order valence-corrected chi connectivity index (χ4v) is 3.16. The predicted molar refractivity (Wildman–Crippen MR) is 95.9 cm³/mol. The van der Waals surface area contributed by atoms with Crippen molar-refractivity contribution in [3.8, 4) is 5.75 Å². The summed E-state index contributed by atoms with van der Waals surface area (Å²) in [6, 6.07) is 10.9. The van der Waals surface area contributed by atoms with Gasteiger partial charge in [0, 0.05) is 17.4 Å². The van der Waals surface area contributed by atoms with Crippen molar-refractivity contribution >= 4 is 28.7 Å². The zero-order valence-corrected chi connectivity index (χ0v) is 13.8. The van der Waals surface area contributed by atoms with E-state index in [0.717, 1.165) is 18.5 Å². The Morgan fingerprint density at radius 2 is 1.96 bits per heavy atom. The lowest BCUT2D eigenvalue weighted by Gasteiger charge is -2.20. The first-order chi connectivity index (χ1) is 11.2. The van der Waals surface area contributed by atoms with Crippen molar-refractivity contribution in [2.75, 3.05) is 17.7 Å². The van der Waals surface area contributed by atoms with Crippen molar-refractivity contribution in [3.63, 3.8) is 0 Å². The Kier molecular flexibility index (Phi) is 4.76. The van der Waals surface area contributed by atoms with Gasteiger partial charge in [0.2, 0.25) is 0 Å². The molecule has 3 nitrogen and oxygen atoms in total. The fraction of sp³-hybridized carbons (Fsp3) is 0.278. The summed E-state index contributed by atoms with van der Waals surface area (Å²) in [7, 11) is 1.44. The molecule has 0 spiro atoms. The number of benzene rings is 2. The van der Waals surface area contributed by atoms with E-state index in [4.69, 9.17) is 17.0 Å². The molecule has 2 aromatic carbocycles. The third kappa shape index (κ3) is 3.62. The standard InChI is InChI=1S/C18H19FN2OS/c1-22-17-10-9-13(11-15(17)19)20-18(23)21-16-8-4-6-12-5-2-3-7-14(12)16/h4,6,8-11H,2-3,5,7H2,1H3,(H2,20,21,23). The van der Waals surface area contributed by atoms with Crippen LogP contribution < -0.4 is 15.4 Å². The number of nitrogens with one attached hydrogen (secondary N) is 2. The number of thiocarbonyl (C=S) groups is 1. The highest BCUT2D eigenvalue weighted by Crippen LogP contribution is 2.28. The third-order valence-corrected chi connectivity index (χ3v) is 4.26. The van der Waals surface area contributed by atoms with E-state index in [1.165, 1.54) is 37.1 Å². The number of halogens is 1. The van der Waals surface area contributed by atoms with Crippen molar-refractivity contribution in [2.24, 2.45) is 0 Å². The number of anilines is 2. The van der Waals surface area contributed by atoms with Crippen molar-refractivity contribution < 1.29 is 9.13 Å². The van der Waals surface area contributed by atoms with Gasteiger partial charge in [0.25, 0.3) is 0 Å². The summed E-state index contributed by atoms with van der Waals surface area (Å²) in [5.74, 6) is -0.205. The minimum atomic E-state index is -0.419. The summed E-state index contributed by atoms with van der Waals surface area (Å²) >= 11 is 5.35. The topological polar surface area (TPSA) is 33.3 Å². The van der Waals surface area contributed by atoms with Crippen LogP contribution in [0.1, 0.15) is 24.0 Å². The molecule has 1 aliphatic rings. The minimum absolute atomic E-state index is 0.214. The highest BCUT2D eigenvalue weighted by atomic mass is 32.1. The maximum absolute atomic E-state index is 13.7. The van der Waals surface area contributed by atoms with Crippen LogP contribution in [0.4, 0.5) is 15.8 Å². The molecule has 0 unspecified atom stereocenters. The van der Waals surface area contributed by atoms with Crippen molar-refractivity contribution in [2.45, 2.75) is 25.7 Å². The maximum atomic E-state index is 13.7.